The molecule has 0 aliphatic carbocycles. The minimum Gasteiger partial charge on any atom is -0.379 e. The van der Waals surface area contributed by atoms with Gasteiger partial charge in [0.1, 0.15) is 0 Å². The van der Waals surface area contributed by atoms with Gasteiger partial charge in [0.15, 0.2) is 5.11 Å². The summed E-state index contributed by atoms with van der Waals surface area (Å²) < 4.78 is 43.4. The third kappa shape index (κ3) is 5.63. The van der Waals surface area contributed by atoms with Crippen molar-refractivity contribution in [1.29, 1.82) is 0 Å². The number of ether oxygens (including phenoxy) is 1. The number of halogens is 3. The Kier molecular flexibility index (Phi) is 6.82. The van der Waals surface area contributed by atoms with Crippen molar-refractivity contribution in [2.75, 3.05) is 38.2 Å². The van der Waals surface area contributed by atoms with Crippen LogP contribution in [0.25, 0.3) is 0 Å². The van der Waals surface area contributed by atoms with Gasteiger partial charge < -0.3 is 15.4 Å². The number of nitrogens with one attached hydrogen (secondary N) is 2. The molecule has 1 aromatic carbocycles. The van der Waals surface area contributed by atoms with Gasteiger partial charge in [-0.25, -0.2) is 0 Å². The molecule has 1 aliphatic rings. The van der Waals surface area contributed by atoms with E-state index in [1.54, 1.807) is 6.20 Å². The van der Waals surface area contributed by atoms with Gasteiger partial charge in [0.25, 0.3) is 0 Å². The van der Waals surface area contributed by atoms with Gasteiger partial charge in [-0.3, -0.25) is 9.88 Å². The number of nitrogens with zero attached hydrogens (tertiary/aromatic N) is 2. The van der Waals surface area contributed by atoms with Gasteiger partial charge in [0, 0.05) is 37.7 Å². The summed E-state index contributed by atoms with van der Waals surface area (Å²) in [5.41, 5.74) is 0.866. The average molecular weight is 410 g/mol. The van der Waals surface area contributed by atoms with Gasteiger partial charge in [-0.15, -0.1) is 0 Å². The van der Waals surface area contributed by atoms with E-state index in [0.717, 1.165) is 30.8 Å². The summed E-state index contributed by atoms with van der Waals surface area (Å²) in [7, 11) is 0. The van der Waals surface area contributed by atoms with Crippen LogP contribution in [0.2, 0.25) is 0 Å². The number of alkyl halides is 3. The Hall–Kier alpha value is -2.23. The Balaban J connectivity index is 1.60. The Morgan fingerprint density at radius 2 is 1.89 bits per heavy atom. The molecule has 3 rings (SSSR count). The number of thiocarbonyl (C=S) groups is 1. The molecule has 1 aromatic heterocycles. The maximum Gasteiger partial charge on any atom is 0.416 e. The lowest BCUT2D eigenvalue weighted by Gasteiger charge is -2.35. The Morgan fingerprint density at radius 1 is 1.18 bits per heavy atom. The van der Waals surface area contributed by atoms with Gasteiger partial charge >= 0.3 is 6.18 Å². The molecule has 1 atom stereocenters. The van der Waals surface area contributed by atoms with Crippen LogP contribution in [0.1, 0.15) is 17.2 Å². The number of benzene rings is 1. The van der Waals surface area contributed by atoms with Crippen molar-refractivity contribution in [3.8, 4) is 0 Å². The molecule has 0 spiro atoms. The molecule has 150 valence electrons. The summed E-state index contributed by atoms with van der Waals surface area (Å²) in [4.78, 5) is 6.50. The molecule has 1 aliphatic heterocycles. The van der Waals surface area contributed by atoms with E-state index in [0.29, 0.717) is 30.6 Å². The summed E-state index contributed by atoms with van der Waals surface area (Å²) in [5, 5.41) is 6.43. The first-order valence-corrected chi connectivity index (χ1v) is 9.28. The lowest BCUT2D eigenvalue weighted by molar-refractivity contribution is -0.137. The van der Waals surface area contributed by atoms with E-state index in [4.69, 9.17) is 17.0 Å². The van der Waals surface area contributed by atoms with Crippen LogP contribution in [-0.4, -0.2) is 47.8 Å². The highest BCUT2D eigenvalue weighted by Gasteiger charge is 2.30. The van der Waals surface area contributed by atoms with Crippen LogP contribution >= 0.6 is 12.2 Å². The van der Waals surface area contributed by atoms with Gasteiger partial charge in [-0.05, 0) is 48.1 Å². The maximum atomic E-state index is 12.7. The number of pyridine rings is 1. The Bertz CT molecular complexity index is 765. The molecule has 2 heterocycles. The smallest absolute Gasteiger partial charge is 0.379 e. The molecule has 5 nitrogen and oxygen atoms in total. The standard InChI is InChI=1S/C19H21F3N4OS/c20-19(21,22)15-3-5-16(6-4-15)25-18(28)24-13-17(14-2-1-7-23-12-14)26-8-10-27-11-9-26/h1-7,12,17H,8-11,13H2,(H2,24,25,28). The number of aromatic nitrogens is 1. The zero-order valence-electron chi connectivity index (χ0n) is 15.1. The zero-order valence-corrected chi connectivity index (χ0v) is 15.9. The monoisotopic (exact) mass is 410 g/mol. The third-order valence-electron chi connectivity index (χ3n) is 4.48. The largest absolute Gasteiger partial charge is 0.416 e. The fourth-order valence-corrected chi connectivity index (χ4v) is 3.23. The highest BCUT2D eigenvalue weighted by atomic mass is 32.1. The third-order valence-corrected chi connectivity index (χ3v) is 4.73. The van der Waals surface area contributed by atoms with Crippen LogP contribution in [0.5, 0.6) is 0 Å². The Labute approximate surface area is 166 Å². The van der Waals surface area contributed by atoms with Crippen LogP contribution in [-0.2, 0) is 10.9 Å². The molecule has 28 heavy (non-hydrogen) atoms. The van der Waals surface area contributed by atoms with Crippen LogP contribution in [0.15, 0.2) is 48.8 Å². The normalized spacial score (nSPS) is 16.4. The van der Waals surface area contributed by atoms with Gasteiger partial charge in [-0.1, -0.05) is 6.07 Å². The second-order valence-corrected chi connectivity index (χ2v) is 6.77. The minimum atomic E-state index is -4.35. The molecule has 0 bridgehead atoms. The molecular weight excluding hydrogens is 389 g/mol. The molecule has 2 N–H and O–H groups in total. The summed E-state index contributed by atoms with van der Waals surface area (Å²) in [6, 6.07) is 8.73. The molecule has 1 fully saturated rings. The van der Waals surface area contributed by atoms with E-state index in [9.17, 15) is 13.2 Å². The maximum absolute atomic E-state index is 12.7. The number of rotatable bonds is 5. The van der Waals surface area contributed by atoms with Crippen molar-refractivity contribution in [3.05, 3.63) is 59.9 Å². The molecule has 1 saturated heterocycles. The summed E-state index contributed by atoms with van der Waals surface area (Å²) in [5.74, 6) is 0. The van der Waals surface area contributed by atoms with Crippen molar-refractivity contribution in [3.63, 3.8) is 0 Å². The van der Waals surface area contributed by atoms with E-state index < -0.39 is 11.7 Å². The molecular formula is C19H21F3N4OS. The lowest BCUT2D eigenvalue weighted by Crippen LogP contribution is -2.44. The molecule has 0 radical (unpaired) electrons. The minimum absolute atomic E-state index is 0.0601. The summed E-state index contributed by atoms with van der Waals surface area (Å²) >= 11 is 5.31. The van der Waals surface area contributed by atoms with E-state index in [1.807, 2.05) is 18.3 Å². The quantitative estimate of drug-likeness (QED) is 0.737. The summed E-state index contributed by atoms with van der Waals surface area (Å²) in [6.45, 7) is 3.49. The van der Waals surface area contributed by atoms with Crippen molar-refractivity contribution in [2.45, 2.75) is 12.2 Å². The second-order valence-electron chi connectivity index (χ2n) is 6.36. The fourth-order valence-electron chi connectivity index (χ4n) is 3.03. The number of anilines is 1. The first kappa shape index (κ1) is 20.5. The molecule has 2 aromatic rings. The van der Waals surface area contributed by atoms with Gasteiger partial charge in [-0.2, -0.15) is 13.2 Å². The number of morpholine rings is 1. The van der Waals surface area contributed by atoms with E-state index in [-0.39, 0.29) is 6.04 Å². The fraction of sp³-hybridized carbons (Fsp3) is 0.368. The molecule has 0 amide bonds. The number of hydrogen-bond acceptors (Lipinski definition) is 4. The lowest BCUT2D eigenvalue weighted by atomic mass is 10.1. The average Bonchev–Trinajstić information content (AvgIpc) is 2.69. The number of hydrogen-bond donors (Lipinski definition) is 2. The van der Waals surface area contributed by atoms with Crippen molar-refractivity contribution in [2.24, 2.45) is 0 Å². The highest BCUT2D eigenvalue weighted by molar-refractivity contribution is 7.80. The predicted octanol–water partition coefficient (Wildman–Crippen LogP) is 3.46. The van der Waals surface area contributed by atoms with E-state index >= 15 is 0 Å². The Morgan fingerprint density at radius 3 is 2.50 bits per heavy atom. The highest BCUT2D eigenvalue weighted by Crippen LogP contribution is 2.29. The molecule has 0 saturated carbocycles. The summed E-state index contributed by atoms with van der Waals surface area (Å²) in [6.07, 6.45) is -0.801. The van der Waals surface area contributed by atoms with Gasteiger partial charge in [0.05, 0.1) is 24.8 Å². The van der Waals surface area contributed by atoms with E-state index in [1.165, 1.54) is 12.1 Å². The van der Waals surface area contributed by atoms with Crippen molar-refractivity contribution < 1.29 is 17.9 Å². The first-order valence-electron chi connectivity index (χ1n) is 8.87. The predicted molar refractivity (Wildman–Crippen MR) is 105 cm³/mol. The second kappa shape index (κ2) is 9.31. The first-order chi connectivity index (χ1) is 13.4. The van der Waals surface area contributed by atoms with Crippen LogP contribution < -0.4 is 10.6 Å². The van der Waals surface area contributed by atoms with Crippen molar-refractivity contribution >= 4 is 23.0 Å². The van der Waals surface area contributed by atoms with Crippen LogP contribution in [0.3, 0.4) is 0 Å². The molecule has 9 heteroatoms. The topological polar surface area (TPSA) is 49.4 Å². The van der Waals surface area contributed by atoms with Crippen LogP contribution in [0.4, 0.5) is 18.9 Å². The van der Waals surface area contributed by atoms with E-state index in [2.05, 4.69) is 20.5 Å². The van der Waals surface area contributed by atoms with Crippen molar-refractivity contribution in [1.82, 2.24) is 15.2 Å². The molecule has 1 unspecified atom stereocenters. The zero-order chi connectivity index (χ0) is 20.0. The van der Waals surface area contributed by atoms with Gasteiger partial charge in [0.2, 0.25) is 0 Å². The van der Waals surface area contributed by atoms with Crippen LogP contribution in [0, 0.1) is 0 Å². The SMILES string of the molecule is FC(F)(F)c1ccc(NC(=S)NCC(c2cccnc2)N2CCOCC2)cc1.